The molecule has 0 heterocycles. The molecule has 0 rings (SSSR count). The third-order valence-electron chi connectivity index (χ3n) is 0. The minimum atomic E-state index is -0.833. The van der Waals surface area contributed by atoms with Crippen LogP contribution in [-0.2, 0) is 21.7 Å². The first-order chi connectivity index (χ1) is 2.83. The van der Waals surface area contributed by atoms with Gasteiger partial charge in [0.05, 0.1) is 0 Å². The van der Waals surface area contributed by atoms with E-state index in [1.165, 1.54) is 0 Å². The fraction of sp³-hybridized carbons (Fsp3) is 1.00. The third kappa shape index (κ3) is 136. The molecule has 1 N–H and O–H groups in total. The molecule has 0 fully saturated rings. The van der Waals surface area contributed by atoms with Gasteiger partial charge in [-0.05, 0) is 0 Å². The van der Waals surface area contributed by atoms with Gasteiger partial charge in [0.2, 0.25) is 0 Å². The molecule has 0 amide bonds. The van der Waals surface area contributed by atoms with Crippen LogP contribution in [0.1, 0.15) is 0 Å². The maximum atomic E-state index is 8.46. The molecule has 0 spiro atoms. The zero-order valence-corrected chi connectivity index (χ0v) is 7.87. The van der Waals surface area contributed by atoms with Crippen molar-refractivity contribution < 1.29 is 26.6 Å². The predicted octanol–water partition coefficient (Wildman–Crippen LogP) is 1.35. The summed E-state index contributed by atoms with van der Waals surface area (Å²) in [7, 11) is -0.833. The van der Waals surface area contributed by atoms with Gasteiger partial charge < -0.3 is 4.89 Å². The van der Waals surface area contributed by atoms with Gasteiger partial charge in [-0.1, -0.05) is 0 Å². The van der Waals surface area contributed by atoms with Crippen molar-refractivity contribution in [2.75, 3.05) is 0 Å². The van der Waals surface area contributed by atoms with E-state index < -0.39 is 8.69 Å². The molecule has 0 aliphatic carbocycles. The summed E-state index contributed by atoms with van der Waals surface area (Å²) in [5.74, 6) is 0. The zero-order valence-electron chi connectivity index (χ0n) is 4.01. The van der Waals surface area contributed by atoms with Gasteiger partial charge in [-0.15, -0.1) is 0 Å². The van der Waals surface area contributed by atoms with Crippen molar-refractivity contribution in [1.29, 1.82) is 0 Å². The van der Waals surface area contributed by atoms with Crippen molar-refractivity contribution in [2.24, 2.45) is 0 Å². The average molecular weight is 159 g/mol. The van der Waals surface area contributed by atoms with Gasteiger partial charge in [0, 0.05) is 0 Å². The second kappa shape index (κ2) is 17.3. The van der Waals surface area contributed by atoms with Crippen molar-refractivity contribution in [2.45, 2.75) is 11.0 Å². The summed E-state index contributed by atoms with van der Waals surface area (Å²) in [6, 6.07) is 0. The van der Waals surface area contributed by atoms with Crippen LogP contribution in [0.4, 0.5) is 0 Å². The van der Waals surface area contributed by atoms with E-state index in [0.29, 0.717) is 0 Å². The Balaban J connectivity index is 0. The molecule has 0 saturated carbocycles. The monoisotopic (exact) mass is 158 g/mol. The topological polar surface area (TPSA) is 37.3 Å². The van der Waals surface area contributed by atoms with Crippen LogP contribution in [0.25, 0.3) is 0 Å². The van der Waals surface area contributed by atoms with Gasteiger partial charge in [-0.2, -0.15) is 0 Å². The zero-order chi connectivity index (χ0) is 5.41. The minimum absolute atomic E-state index is 0.125. The number of hydrogen-bond acceptors (Lipinski definition) is 1. The van der Waals surface area contributed by atoms with Gasteiger partial charge in [-0.25, -0.2) is 4.57 Å². The Hall–Kier alpha value is 0.683. The van der Waals surface area contributed by atoms with Crippen molar-refractivity contribution in [1.82, 2.24) is 0 Å². The second-order valence-electron chi connectivity index (χ2n) is 0.789. The van der Waals surface area contributed by atoms with Crippen LogP contribution in [0.15, 0.2) is 0 Å². The summed E-state index contributed by atoms with van der Waals surface area (Å²) in [4.78, 5) is 6.99. The molecule has 0 aliphatic heterocycles. The molecular weight excluding hydrogens is 152 g/mol. The van der Waals surface area contributed by atoms with Gasteiger partial charge in [0.15, 0.2) is 0 Å². The van der Waals surface area contributed by atoms with Gasteiger partial charge in [0.25, 0.3) is 0 Å². The summed E-state index contributed by atoms with van der Waals surface area (Å²) in [5.41, 5.74) is 4.62. The molecule has 0 aromatic heterocycles. The first kappa shape index (κ1) is 9.84. The molecule has 2 nitrogen and oxygen atoms in total. The Morgan fingerprint density at radius 1 is 1.67 bits per heavy atom. The Kier molecular flexibility index (Phi) is 28.4. The third-order valence-corrected chi connectivity index (χ3v) is 0. The molecule has 0 bridgehead atoms. The van der Waals surface area contributed by atoms with Crippen LogP contribution in [0.2, 0.25) is 11.0 Å². The van der Waals surface area contributed by atoms with Crippen LogP contribution >= 0.6 is 8.69 Å². The summed E-state index contributed by atoms with van der Waals surface area (Å²) >= 11 is 0.125. The predicted molar refractivity (Wildman–Crippen MR) is 21.6 cm³/mol. The summed E-state index contributed by atoms with van der Waals surface area (Å²) in [6.07, 6.45) is 0. The molecule has 34 valence electrons. The van der Waals surface area contributed by atoms with Crippen LogP contribution in [-0.4, -0.2) is 4.89 Å². The summed E-state index contributed by atoms with van der Waals surface area (Å²) in [5, 5.41) is 0. The molecule has 0 atom stereocenters. The van der Waals surface area contributed by atoms with Crippen LogP contribution < -0.4 is 0 Å². The average Bonchev–Trinajstić information content (AvgIpc) is 1.39. The van der Waals surface area contributed by atoms with E-state index in [-0.39, 0.29) is 17.1 Å². The van der Waals surface area contributed by atoms with Crippen LogP contribution in [0, 0.1) is 0 Å². The van der Waals surface area contributed by atoms with Gasteiger partial charge >= 0.3 is 36.8 Å². The SMILES string of the molecule is O=PO.[CH3][Zn][CH3]. The van der Waals surface area contributed by atoms with Crippen LogP contribution in [0.3, 0.4) is 0 Å². The molecule has 0 aliphatic rings. The van der Waals surface area contributed by atoms with Crippen LogP contribution in [0.5, 0.6) is 0 Å². The Bertz CT molecular complexity index is 25.5. The van der Waals surface area contributed by atoms with E-state index in [2.05, 4.69) is 11.0 Å². The normalized spacial score (nSPS) is 5.17. The molecule has 0 unspecified atom stereocenters. The number of rotatable bonds is 0. The van der Waals surface area contributed by atoms with E-state index in [9.17, 15) is 0 Å². The van der Waals surface area contributed by atoms with Gasteiger partial charge in [-0.3, -0.25) is 0 Å². The number of hydrogen-bond donors (Lipinski definition) is 1. The second-order valence-corrected chi connectivity index (χ2v) is 3.92. The van der Waals surface area contributed by atoms with Crippen molar-refractivity contribution in [3.63, 3.8) is 0 Å². The molecule has 0 radical (unpaired) electrons. The molecule has 4 heteroatoms. The summed E-state index contributed by atoms with van der Waals surface area (Å²) in [6.45, 7) is 0. The van der Waals surface area contributed by atoms with Crippen molar-refractivity contribution >= 4 is 8.69 Å². The molecule has 0 saturated heterocycles. The van der Waals surface area contributed by atoms with E-state index in [0.717, 1.165) is 0 Å². The first-order valence-electron chi connectivity index (χ1n) is 1.80. The van der Waals surface area contributed by atoms with Crippen molar-refractivity contribution in [3.8, 4) is 0 Å². The Morgan fingerprint density at radius 3 is 1.67 bits per heavy atom. The standard InChI is InChI=1S/2CH3.HO2P.Zn/c;;1-3-2;/h2*1H3;(H,1,2);. The Labute approximate surface area is 46.8 Å². The molecular formula is C2H7O2PZn. The molecule has 0 aromatic rings. The summed E-state index contributed by atoms with van der Waals surface area (Å²) < 4.78 is 8.46. The van der Waals surface area contributed by atoms with Gasteiger partial charge in [0.1, 0.15) is 0 Å². The maximum absolute atomic E-state index is 8.46. The quantitative estimate of drug-likeness (QED) is 0.428. The fourth-order valence-electron chi connectivity index (χ4n) is 0. The fourth-order valence-corrected chi connectivity index (χ4v) is 0. The molecule has 6 heavy (non-hydrogen) atoms. The van der Waals surface area contributed by atoms with E-state index in [1.807, 2.05) is 0 Å². The van der Waals surface area contributed by atoms with E-state index >= 15 is 0 Å². The first-order valence-corrected chi connectivity index (χ1v) is 8.50. The van der Waals surface area contributed by atoms with Crippen molar-refractivity contribution in [3.05, 3.63) is 0 Å². The van der Waals surface area contributed by atoms with E-state index in [1.54, 1.807) is 0 Å². The Morgan fingerprint density at radius 2 is 1.67 bits per heavy atom. The molecule has 0 aromatic carbocycles. The van der Waals surface area contributed by atoms with E-state index in [4.69, 9.17) is 9.46 Å².